The molecule has 2 N–H and O–H groups in total. The van der Waals surface area contributed by atoms with Gasteiger partial charge >= 0.3 is 0 Å². The van der Waals surface area contributed by atoms with Gasteiger partial charge in [-0.3, -0.25) is 9.52 Å². The molecule has 156 valence electrons. The number of carbonyl (C=O) groups excluding carboxylic acids is 1. The van der Waals surface area contributed by atoms with Gasteiger partial charge in [-0.05, 0) is 61.4 Å². The smallest absolute Gasteiger partial charge is 0.262 e. The SMILES string of the molecule is Cc1cccc(NS(=O)(=O)c2cc(C(=O)NCCSc3ccccc3)ccc2C)c1. The third-order valence-electron chi connectivity index (χ3n) is 4.41. The first-order chi connectivity index (χ1) is 14.3. The van der Waals surface area contributed by atoms with Crippen LogP contribution in [0.4, 0.5) is 5.69 Å². The van der Waals surface area contributed by atoms with Crippen molar-refractivity contribution >= 4 is 33.4 Å². The Labute approximate surface area is 182 Å². The Morgan fingerprint density at radius 3 is 2.43 bits per heavy atom. The Balaban J connectivity index is 1.67. The van der Waals surface area contributed by atoms with Crippen LogP contribution in [0.15, 0.2) is 82.6 Å². The number of amides is 1. The second-order valence-electron chi connectivity index (χ2n) is 6.87. The third-order valence-corrected chi connectivity index (χ3v) is 6.95. The molecule has 0 aliphatic carbocycles. The van der Waals surface area contributed by atoms with E-state index in [1.807, 2.05) is 43.3 Å². The fourth-order valence-corrected chi connectivity index (χ4v) is 5.01. The van der Waals surface area contributed by atoms with Crippen molar-refractivity contribution in [2.75, 3.05) is 17.0 Å². The van der Waals surface area contributed by atoms with Crippen molar-refractivity contribution in [3.05, 3.63) is 89.5 Å². The molecule has 0 aromatic heterocycles. The van der Waals surface area contributed by atoms with E-state index in [4.69, 9.17) is 0 Å². The molecule has 1 amide bonds. The summed E-state index contributed by atoms with van der Waals surface area (Å²) in [4.78, 5) is 13.7. The molecule has 0 saturated heterocycles. The summed E-state index contributed by atoms with van der Waals surface area (Å²) in [6.07, 6.45) is 0. The van der Waals surface area contributed by atoms with Crippen LogP contribution < -0.4 is 10.0 Å². The zero-order valence-corrected chi connectivity index (χ0v) is 18.5. The van der Waals surface area contributed by atoms with E-state index in [1.54, 1.807) is 49.0 Å². The topological polar surface area (TPSA) is 75.3 Å². The molecule has 3 aromatic carbocycles. The maximum Gasteiger partial charge on any atom is 0.262 e. The van der Waals surface area contributed by atoms with Gasteiger partial charge < -0.3 is 5.32 Å². The maximum absolute atomic E-state index is 12.9. The summed E-state index contributed by atoms with van der Waals surface area (Å²) in [5.41, 5.74) is 2.33. The zero-order valence-electron chi connectivity index (χ0n) is 16.9. The molecule has 0 saturated carbocycles. The fraction of sp³-hybridized carbons (Fsp3) is 0.174. The van der Waals surface area contributed by atoms with Gasteiger partial charge in [0.2, 0.25) is 0 Å². The molecule has 3 rings (SSSR count). The van der Waals surface area contributed by atoms with Gasteiger partial charge in [-0.15, -0.1) is 11.8 Å². The highest BCUT2D eigenvalue weighted by Gasteiger charge is 2.19. The van der Waals surface area contributed by atoms with Gasteiger partial charge in [-0.2, -0.15) is 0 Å². The number of benzene rings is 3. The van der Waals surface area contributed by atoms with Crippen LogP contribution >= 0.6 is 11.8 Å². The largest absolute Gasteiger partial charge is 0.351 e. The quantitative estimate of drug-likeness (QED) is 0.396. The van der Waals surface area contributed by atoms with Crippen LogP contribution in [-0.2, 0) is 10.0 Å². The van der Waals surface area contributed by atoms with Gasteiger partial charge in [0.25, 0.3) is 15.9 Å². The van der Waals surface area contributed by atoms with E-state index in [0.29, 0.717) is 23.4 Å². The second kappa shape index (κ2) is 9.82. The Hall–Kier alpha value is -2.77. The first-order valence-electron chi connectivity index (χ1n) is 9.51. The average Bonchev–Trinajstić information content (AvgIpc) is 2.71. The lowest BCUT2D eigenvalue weighted by atomic mass is 10.1. The minimum Gasteiger partial charge on any atom is -0.351 e. The van der Waals surface area contributed by atoms with Crippen LogP contribution in [0.5, 0.6) is 0 Å². The summed E-state index contributed by atoms with van der Waals surface area (Å²) in [7, 11) is -3.81. The molecule has 0 atom stereocenters. The maximum atomic E-state index is 12.9. The first kappa shape index (κ1) is 21.9. The lowest BCUT2D eigenvalue weighted by Gasteiger charge is -2.12. The average molecular weight is 441 g/mol. The van der Waals surface area contributed by atoms with E-state index in [9.17, 15) is 13.2 Å². The molecule has 0 heterocycles. The van der Waals surface area contributed by atoms with E-state index in [-0.39, 0.29) is 10.8 Å². The van der Waals surface area contributed by atoms with Crippen molar-refractivity contribution in [2.24, 2.45) is 0 Å². The third kappa shape index (κ3) is 5.87. The summed E-state index contributed by atoms with van der Waals surface area (Å²) < 4.78 is 28.3. The molecular formula is C23H24N2O3S2. The number of carbonyl (C=O) groups is 1. The van der Waals surface area contributed by atoms with Crippen LogP contribution in [0.2, 0.25) is 0 Å². The van der Waals surface area contributed by atoms with Crippen molar-refractivity contribution in [3.63, 3.8) is 0 Å². The molecule has 7 heteroatoms. The van der Waals surface area contributed by atoms with Crippen LogP contribution in [0, 0.1) is 13.8 Å². The van der Waals surface area contributed by atoms with Crippen molar-refractivity contribution < 1.29 is 13.2 Å². The van der Waals surface area contributed by atoms with E-state index in [1.165, 1.54) is 6.07 Å². The highest BCUT2D eigenvalue weighted by atomic mass is 32.2. The number of hydrogen-bond donors (Lipinski definition) is 2. The van der Waals surface area contributed by atoms with Crippen LogP contribution in [0.25, 0.3) is 0 Å². The minimum atomic E-state index is -3.81. The summed E-state index contributed by atoms with van der Waals surface area (Å²) in [6, 6.07) is 21.8. The molecule has 0 unspecified atom stereocenters. The number of rotatable bonds is 8. The molecule has 3 aromatic rings. The summed E-state index contributed by atoms with van der Waals surface area (Å²) in [6.45, 7) is 4.09. The first-order valence-corrected chi connectivity index (χ1v) is 12.0. The summed E-state index contributed by atoms with van der Waals surface area (Å²) in [5.74, 6) is 0.428. The number of hydrogen-bond acceptors (Lipinski definition) is 4. The van der Waals surface area contributed by atoms with Gasteiger partial charge in [0.05, 0.1) is 4.90 Å². The molecule has 0 bridgehead atoms. The predicted octanol–water partition coefficient (Wildman–Crippen LogP) is 4.63. The van der Waals surface area contributed by atoms with Gasteiger partial charge in [0.15, 0.2) is 0 Å². The van der Waals surface area contributed by atoms with E-state index >= 15 is 0 Å². The molecular weight excluding hydrogens is 416 g/mol. The summed E-state index contributed by atoms with van der Waals surface area (Å²) >= 11 is 1.65. The number of anilines is 1. The van der Waals surface area contributed by atoms with Gasteiger partial charge in [0, 0.05) is 28.4 Å². The number of thioether (sulfide) groups is 1. The number of sulfonamides is 1. The normalized spacial score (nSPS) is 11.1. The Morgan fingerprint density at radius 1 is 0.933 bits per heavy atom. The minimum absolute atomic E-state index is 0.0929. The van der Waals surface area contributed by atoms with Crippen molar-refractivity contribution in [3.8, 4) is 0 Å². The Bertz CT molecular complexity index is 1130. The van der Waals surface area contributed by atoms with E-state index in [0.717, 1.165) is 16.2 Å². The fourth-order valence-electron chi connectivity index (χ4n) is 2.90. The highest BCUT2D eigenvalue weighted by molar-refractivity contribution is 7.99. The molecule has 30 heavy (non-hydrogen) atoms. The lowest BCUT2D eigenvalue weighted by molar-refractivity contribution is 0.0956. The molecule has 0 spiro atoms. The van der Waals surface area contributed by atoms with Crippen molar-refractivity contribution in [1.82, 2.24) is 5.32 Å². The van der Waals surface area contributed by atoms with E-state index in [2.05, 4.69) is 10.0 Å². The molecule has 5 nitrogen and oxygen atoms in total. The number of nitrogens with one attached hydrogen (secondary N) is 2. The second-order valence-corrected chi connectivity index (χ2v) is 9.69. The monoisotopic (exact) mass is 440 g/mol. The molecule has 0 aliphatic rings. The molecule has 0 fully saturated rings. The van der Waals surface area contributed by atoms with Gasteiger partial charge in [0.1, 0.15) is 0 Å². The van der Waals surface area contributed by atoms with Crippen LogP contribution in [-0.4, -0.2) is 26.6 Å². The Morgan fingerprint density at radius 2 is 1.70 bits per heavy atom. The molecule has 0 radical (unpaired) electrons. The molecule has 0 aliphatic heterocycles. The highest BCUT2D eigenvalue weighted by Crippen LogP contribution is 2.22. The standard InChI is InChI=1S/C23H24N2O3S2/c1-17-7-6-8-20(15-17)25-30(27,28)22-16-19(12-11-18(22)2)23(26)24-13-14-29-21-9-4-3-5-10-21/h3-12,15-16,25H,13-14H2,1-2H3,(H,24,26). The Kier molecular flexibility index (Phi) is 7.18. The van der Waals surface area contributed by atoms with Crippen molar-refractivity contribution in [1.29, 1.82) is 0 Å². The number of aryl methyl sites for hydroxylation is 2. The summed E-state index contributed by atoms with van der Waals surface area (Å²) in [5, 5.41) is 2.85. The zero-order chi connectivity index (χ0) is 21.6. The van der Waals surface area contributed by atoms with Gasteiger partial charge in [-0.25, -0.2) is 8.42 Å². The predicted molar refractivity (Wildman–Crippen MR) is 123 cm³/mol. The van der Waals surface area contributed by atoms with Gasteiger partial charge in [-0.1, -0.05) is 36.4 Å². The van der Waals surface area contributed by atoms with Crippen LogP contribution in [0.3, 0.4) is 0 Å². The van der Waals surface area contributed by atoms with Crippen molar-refractivity contribution in [2.45, 2.75) is 23.6 Å². The van der Waals surface area contributed by atoms with E-state index < -0.39 is 10.0 Å². The lowest BCUT2D eigenvalue weighted by Crippen LogP contribution is -2.26. The van der Waals surface area contributed by atoms with Crippen LogP contribution in [0.1, 0.15) is 21.5 Å².